The summed E-state index contributed by atoms with van der Waals surface area (Å²) in [7, 11) is 0. The van der Waals surface area contributed by atoms with Gasteiger partial charge in [-0.2, -0.15) is 0 Å². The van der Waals surface area contributed by atoms with E-state index in [9.17, 15) is 4.79 Å². The van der Waals surface area contributed by atoms with Crippen molar-refractivity contribution in [3.8, 4) is 17.1 Å². The quantitative estimate of drug-likeness (QED) is 0.421. The zero-order valence-corrected chi connectivity index (χ0v) is 12.6. The van der Waals surface area contributed by atoms with Crippen LogP contribution in [-0.2, 0) is 4.79 Å². The maximum Gasteiger partial charge on any atom is 0.337 e. The molecule has 0 saturated carbocycles. The molecule has 1 aromatic heterocycles. The smallest absolute Gasteiger partial charge is 0.337 e. The van der Waals surface area contributed by atoms with E-state index in [4.69, 9.17) is 4.74 Å². The molecule has 3 aromatic rings. The van der Waals surface area contributed by atoms with Gasteiger partial charge in [0.2, 0.25) is 0 Å². The lowest BCUT2D eigenvalue weighted by Crippen LogP contribution is -2.04. The van der Waals surface area contributed by atoms with Crippen molar-refractivity contribution in [3.63, 3.8) is 0 Å². The standard InChI is InChI=1S/C18H15N3O2/c1-14-6-5-7-15(12-14)18-19-13-21(20-18)11-10-17(22)23-16-8-3-2-4-9-16/h2-13H,1H3/b11-10-. The maximum absolute atomic E-state index is 11.7. The van der Waals surface area contributed by atoms with E-state index in [1.807, 2.05) is 37.3 Å². The minimum atomic E-state index is -0.469. The average molecular weight is 305 g/mol. The molecule has 0 atom stereocenters. The predicted octanol–water partition coefficient (Wildman–Crippen LogP) is 3.33. The number of hydrogen-bond acceptors (Lipinski definition) is 4. The lowest BCUT2D eigenvalue weighted by molar-refractivity contribution is -0.128. The Morgan fingerprint density at radius 1 is 1.13 bits per heavy atom. The Kier molecular flexibility index (Phi) is 4.29. The van der Waals surface area contributed by atoms with E-state index in [0.29, 0.717) is 11.6 Å². The van der Waals surface area contributed by atoms with Crippen LogP contribution in [0.5, 0.6) is 5.75 Å². The van der Waals surface area contributed by atoms with E-state index in [1.165, 1.54) is 17.0 Å². The van der Waals surface area contributed by atoms with Gasteiger partial charge in [0.25, 0.3) is 0 Å². The Morgan fingerprint density at radius 2 is 1.96 bits per heavy atom. The summed E-state index contributed by atoms with van der Waals surface area (Å²) in [5.74, 6) is 0.639. The highest BCUT2D eigenvalue weighted by Gasteiger charge is 2.04. The molecule has 5 nitrogen and oxygen atoms in total. The van der Waals surface area contributed by atoms with Crippen molar-refractivity contribution in [1.82, 2.24) is 14.8 Å². The molecule has 0 aliphatic carbocycles. The molecule has 114 valence electrons. The van der Waals surface area contributed by atoms with Crippen molar-refractivity contribution in [1.29, 1.82) is 0 Å². The molecule has 0 fully saturated rings. The van der Waals surface area contributed by atoms with Gasteiger partial charge in [0.05, 0.1) is 0 Å². The molecular weight excluding hydrogens is 290 g/mol. The summed E-state index contributed by atoms with van der Waals surface area (Å²) < 4.78 is 6.63. The topological polar surface area (TPSA) is 57.0 Å². The number of benzene rings is 2. The second-order valence-electron chi connectivity index (χ2n) is 4.97. The van der Waals surface area contributed by atoms with Gasteiger partial charge < -0.3 is 4.74 Å². The van der Waals surface area contributed by atoms with Crippen LogP contribution in [0.2, 0.25) is 0 Å². The van der Waals surface area contributed by atoms with Crippen LogP contribution in [-0.4, -0.2) is 20.7 Å². The summed E-state index contributed by atoms with van der Waals surface area (Å²) in [6.45, 7) is 2.01. The van der Waals surface area contributed by atoms with Gasteiger partial charge in [-0.3, -0.25) is 0 Å². The van der Waals surface area contributed by atoms with Gasteiger partial charge in [-0.25, -0.2) is 14.5 Å². The fraction of sp³-hybridized carbons (Fsp3) is 0.0556. The molecule has 1 heterocycles. The molecule has 3 rings (SSSR count). The van der Waals surface area contributed by atoms with Crippen LogP contribution in [0.3, 0.4) is 0 Å². The van der Waals surface area contributed by atoms with Crippen molar-refractivity contribution in [3.05, 3.63) is 72.6 Å². The molecule has 0 saturated heterocycles. The molecule has 23 heavy (non-hydrogen) atoms. The Hall–Kier alpha value is -3.21. The zero-order chi connectivity index (χ0) is 16.1. The van der Waals surface area contributed by atoms with E-state index >= 15 is 0 Å². The number of carbonyl (C=O) groups is 1. The lowest BCUT2D eigenvalue weighted by Gasteiger charge is -1.99. The Bertz CT molecular complexity index is 838. The van der Waals surface area contributed by atoms with Crippen LogP contribution < -0.4 is 4.74 Å². The van der Waals surface area contributed by atoms with Gasteiger partial charge in [0.15, 0.2) is 5.82 Å². The summed E-state index contributed by atoms with van der Waals surface area (Å²) in [5, 5.41) is 4.31. The Morgan fingerprint density at radius 3 is 2.74 bits per heavy atom. The van der Waals surface area contributed by atoms with Crippen molar-refractivity contribution in [2.24, 2.45) is 0 Å². The molecule has 5 heteroatoms. The fourth-order valence-corrected chi connectivity index (χ4v) is 2.04. The van der Waals surface area contributed by atoms with Crippen molar-refractivity contribution < 1.29 is 9.53 Å². The molecule has 0 amide bonds. The number of aromatic nitrogens is 3. The number of rotatable bonds is 4. The van der Waals surface area contributed by atoms with Gasteiger partial charge in [-0.1, -0.05) is 42.0 Å². The van der Waals surface area contributed by atoms with Crippen LogP contribution in [0.1, 0.15) is 5.56 Å². The minimum Gasteiger partial charge on any atom is -0.423 e. The van der Waals surface area contributed by atoms with Crippen LogP contribution in [0.15, 0.2) is 67.0 Å². The van der Waals surface area contributed by atoms with Crippen LogP contribution in [0.25, 0.3) is 17.6 Å². The normalized spacial score (nSPS) is 10.8. The number of ether oxygens (including phenoxy) is 1. The van der Waals surface area contributed by atoms with Crippen LogP contribution in [0.4, 0.5) is 0 Å². The fourth-order valence-electron chi connectivity index (χ4n) is 2.04. The number of aryl methyl sites for hydroxylation is 1. The highest BCUT2D eigenvalue weighted by molar-refractivity contribution is 5.86. The number of esters is 1. The van der Waals surface area contributed by atoms with Crippen LogP contribution in [0, 0.1) is 6.92 Å². The second kappa shape index (κ2) is 6.70. The van der Waals surface area contributed by atoms with E-state index < -0.39 is 5.97 Å². The average Bonchev–Trinajstić information content (AvgIpc) is 3.03. The van der Waals surface area contributed by atoms with E-state index in [1.54, 1.807) is 30.6 Å². The number of para-hydroxylation sites is 1. The molecular formula is C18H15N3O2. The third kappa shape index (κ3) is 3.91. The zero-order valence-electron chi connectivity index (χ0n) is 12.6. The minimum absolute atomic E-state index is 0.469. The Labute approximate surface area is 133 Å². The van der Waals surface area contributed by atoms with E-state index in [2.05, 4.69) is 10.1 Å². The molecule has 0 spiro atoms. The highest BCUT2D eigenvalue weighted by atomic mass is 16.5. The molecule has 0 N–H and O–H groups in total. The first kappa shape index (κ1) is 14.7. The molecule has 0 aliphatic heterocycles. The van der Waals surface area contributed by atoms with Crippen molar-refractivity contribution in [2.45, 2.75) is 6.92 Å². The summed E-state index contributed by atoms with van der Waals surface area (Å²) in [4.78, 5) is 16.0. The molecule has 0 bridgehead atoms. The number of nitrogens with zero attached hydrogens (tertiary/aromatic N) is 3. The van der Waals surface area contributed by atoms with Gasteiger partial charge >= 0.3 is 5.97 Å². The summed E-state index contributed by atoms with van der Waals surface area (Å²) in [6.07, 6.45) is 4.36. The Balaban J connectivity index is 1.68. The first-order chi connectivity index (χ1) is 11.2. The summed E-state index contributed by atoms with van der Waals surface area (Å²) in [6, 6.07) is 16.8. The molecule has 0 unspecified atom stereocenters. The van der Waals surface area contributed by atoms with Gasteiger partial charge in [0, 0.05) is 17.8 Å². The monoisotopic (exact) mass is 305 g/mol. The number of hydrogen-bond donors (Lipinski definition) is 0. The second-order valence-corrected chi connectivity index (χ2v) is 4.97. The largest absolute Gasteiger partial charge is 0.423 e. The van der Waals surface area contributed by atoms with Gasteiger partial charge in [-0.05, 0) is 25.1 Å². The van der Waals surface area contributed by atoms with Crippen molar-refractivity contribution in [2.75, 3.05) is 0 Å². The molecule has 2 aromatic carbocycles. The summed E-state index contributed by atoms with van der Waals surface area (Å²) in [5.41, 5.74) is 2.07. The maximum atomic E-state index is 11.7. The third-order valence-corrected chi connectivity index (χ3v) is 3.11. The first-order valence-electron chi connectivity index (χ1n) is 7.14. The third-order valence-electron chi connectivity index (χ3n) is 3.11. The number of carbonyl (C=O) groups excluding carboxylic acids is 1. The first-order valence-corrected chi connectivity index (χ1v) is 7.14. The molecule has 0 radical (unpaired) electrons. The predicted molar refractivity (Wildman–Crippen MR) is 87.6 cm³/mol. The van der Waals surface area contributed by atoms with Gasteiger partial charge in [0.1, 0.15) is 12.1 Å². The molecule has 0 aliphatic rings. The SMILES string of the molecule is Cc1cccc(-c2ncn(/C=C\C(=O)Oc3ccccc3)n2)c1. The lowest BCUT2D eigenvalue weighted by atomic mass is 10.1. The van der Waals surface area contributed by atoms with E-state index in [-0.39, 0.29) is 0 Å². The van der Waals surface area contributed by atoms with E-state index in [0.717, 1.165) is 11.1 Å². The van der Waals surface area contributed by atoms with Crippen LogP contribution >= 0.6 is 0 Å². The highest BCUT2D eigenvalue weighted by Crippen LogP contribution is 2.15. The van der Waals surface area contributed by atoms with Gasteiger partial charge in [-0.15, -0.1) is 5.10 Å². The van der Waals surface area contributed by atoms with Crippen molar-refractivity contribution >= 4 is 12.2 Å². The summed E-state index contributed by atoms with van der Waals surface area (Å²) >= 11 is 0.